The minimum Gasteiger partial charge on any atom is -0.343 e. The van der Waals surface area contributed by atoms with Crippen LogP contribution in [0.1, 0.15) is 19.7 Å². The first-order chi connectivity index (χ1) is 6.11. The number of hydrogen-bond acceptors (Lipinski definition) is 5. The number of anilines is 1. The molecule has 1 aromatic rings. The average Bonchev–Trinajstić information content (AvgIpc) is 2.47. The molecule has 1 aliphatic heterocycles. The molecule has 0 saturated carbocycles. The highest BCUT2D eigenvalue weighted by Crippen LogP contribution is 2.26. The normalized spacial score (nSPS) is 20.1. The molecule has 0 aromatic carbocycles. The second-order valence-electron chi connectivity index (χ2n) is 3.86. The highest BCUT2D eigenvalue weighted by Gasteiger charge is 2.36. The molecule has 0 unspecified atom stereocenters. The van der Waals surface area contributed by atoms with Crippen LogP contribution in [0.4, 0.5) is 5.13 Å². The van der Waals surface area contributed by atoms with E-state index in [1.54, 1.807) is 0 Å². The van der Waals surface area contributed by atoms with Crippen LogP contribution in [0.2, 0.25) is 0 Å². The van der Waals surface area contributed by atoms with Gasteiger partial charge in [-0.25, -0.2) is 4.98 Å². The molecule has 2 N–H and O–H groups in total. The minimum atomic E-state index is -0.0297. The summed E-state index contributed by atoms with van der Waals surface area (Å²) in [4.78, 5) is 6.57. The van der Waals surface area contributed by atoms with E-state index in [1.807, 2.05) is 0 Å². The van der Waals surface area contributed by atoms with Gasteiger partial charge in [-0.15, -0.1) is 0 Å². The van der Waals surface area contributed by atoms with E-state index >= 15 is 0 Å². The number of rotatable bonds is 2. The Bertz CT molecular complexity index is 299. The van der Waals surface area contributed by atoms with E-state index in [4.69, 9.17) is 5.73 Å². The summed E-state index contributed by atoms with van der Waals surface area (Å²) in [7, 11) is 0. The second kappa shape index (κ2) is 2.92. The van der Waals surface area contributed by atoms with Gasteiger partial charge in [-0.3, -0.25) is 0 Å². The van der Waals surface area contributed by atoms with Crippen molar-refractivity contribution in [3.63, 3.8) is 0 Å². The minimum absolute atomic E-state index is 0.0297. The number of aromatic nitrogens is 2. The van der Waals surface area contributed by atoms with Crippen LogP contribution < -0.4 is 10.6 Å². The zero-order valence-corrected chi connectivity index (χ0v) is 8.77. The lowest BCUT2D eigenvalue weighted by Gasteiger charge is -2.45. The van der Waals surface area contributed by atoms with Gasteiger partial charge < -0.3 is 10.6 Å². The van der Waals surface area contributed by atoms with Gasteiger partial charge in [0, 0.05) is 36.6 Å². The highest BCUT2D eigenvalue weighted by molar-refractivity contribution is 7.09. The number of nitrogens with two attached hydrogens (primary N) is 1. The molecule has 1 fully saturated rings. The van der Waals surface area contributed by atoms with Gasteiger partial charge in [0.1, 0.15) is 5.82 Å². The maximum atomic E-state index is 5.90. The van der Waals surface area contributed by atoms with Crippen LogP contribution >= 0.6 is 11.5 Å². The van der Waals surface area contributed by atoms with E-state index in [1.165, 1.54) is 11.5 Å². The van der Waals surface area contributed by atoms with Gasteiger partial charge in [-0.2, -0.15) is 4.37 Å². The van der Waals surface area contributed by atoms with Gasteiger partial charge in [0.15, 0.2) is 0 Å². The molecule has 1 saturated heterocycles. The number of hydrogen-bond donors (Lipinski definition) is 1. The van der Waals surface area contributed by atoms with Crippen LogP contribution in [0.3, 0.4) is 0 Å². The Labute approximate surface area is 81.9 Å². The molecule has 0 radical (unpaired) electrons. The first-order valence-corrected chi connectivity index (χ1v) is 5.24. The molecule has 13 heavy (non-hydrogen) atoms. The Hall–Kier alpha value is -0.680. The maximum absolute atomic E-state index is 5.90. The Kier molecular flexibility index (Phi) is 2.00. The monoisotopic (exact) mass is 198 g/mol. The Morgan fingerprint density at radius 2 is 2.31 bits per heavy atom. The molecular formula is C8H14N4S. The third kappa shape index (κ3) is 1.66. The van der Waals surface area contributed by atoms with Crippen molar-refractivity contribution in [2.24, 2.45) is 5.73 Å². The molecule has 0 bridgehead atoms. The SMILES string of the molecule is CCc1nsc(N2CC(C)(N)C2)n1. The van der Waals surface area contributed by atoms with Gasteiger partial charge in [0.2, 0.25) is 5.13 Å². The average molecular weight is 198 g/mol. The van der Waals surface area contributed by atoms with Crippen molar-refractivity contribution in [2.45, 2.75) is 25.8 Å². The number of nitrogens with zero attached hydrogens (tertiary/aromatic N) is 3. The highest BCUT2D eigenvalue weighted by atomic mass is 32.1. The topological polar surface area (TPSA) is 55.0 Å². The van der Waals surface area contributed by atoms with Crippen molar-refractivity contribution in [1.29, 1.82) is 0 Å². The molecule has 4 nitrogen and oxygen atoms in total. The Balaban J connectivity index is 2.03. The molecule has 0 aliphatic carbocycles. The molecule has 2 heterocycles. The van der Waals surface area contributed by atoms with Gasteiger partial charge in [-0.05, 0) is 6.92 Å². The molecule has 72 valence electrons. The fourth-order valence-electron chi connectivity index (χ4n) is 1.48. The Morgan fingerprint density at radius 1 is 1.62 bits per heavy atom. The lowest BCUT2D eigenvalue weighted by molar-refractivity contribution is 0.365. The third-order valence-electron chi connectivity index (χ3n) is 2.15. The largest absolute Gasteiger partial charge is 0.343 e. The molecule has 0 atom stereocenters. The summed E-state index contributed by atoms with van der Waals surface area (Å²) in [6, 6.07) is 0. The summed E-state index contributed by atoms with van der Waals surface area (Å²) < 4.78 is 4.23. The van der Waals surface area contributed by atoms with E-state index in [0.717, 1.165) is 30.5 Å². The van der Waals surface area contributed by atoms with Gasteiger partial charge in [0.25, 0.3) is 0 Å². The van der Waals surface area contributed by atoms with Crippen LogP contribution in [0.25, 0.3) is 0 Å². The van der Waals surface area contributed by atoms with E-state index in [-0.39, 0.29) is 5.54 Å². The second-order valence-corrected chi connectivity index (χ2v) is 4.59. The lowest BCUT2D eigenvalue weighted by atomic mass is 9.95. The molecule has 2 rings (SSSR count). The summed E-state index contributed by atoms with van der Waals surface area (Å²) in [6.07, 6.45) is 0.907. The van der Waals surface area contributed by atoms with Crippen LogP contribution in [0, 0.1) is 0 Å². The van der Waals surface area contributed by atoms with Crippen molar-refractivity contribution in [3.8, 4) is 0 Å². The van der Waals surface area contributed by atoms with Crippen molar-refractivity contribution >= 4 is 16.7 Å². The molecule has 0 spiro atoms. The zero-order chi connectivity index (χ0) is 9.47. The predicted octanol–water partition coefficient (Wildman–Crippen LogP) is 0.638. The number of aryl methyl sites for hydroxylation is 1. The molecule has 1 aromatic heterocycles. The van der Waals surface area contributed by atoms with Gasteiger partial charge in [0.05, 0.1) is 0 Å². The first kappa shape index (κ1) is 8.90. The van der Waals surface area contributed by atoms with E-state index in [2.05, 4.69) is 28.1 Å². The zero-order valence-electron chi connectivity index (χ0n) is 7.95. The summed E-state index contributed by atoms with van der Waals surface area (Å²) in [5, 5.41) is 1.01. The Morgan fingerprint density at radius 3 is 2.77 bits per heavy atom. The summed E-state index contributed by atoms with van der Waals surface area (Å²) in [6.45, 7) is 5.91. The van der Waals surface area contributed by atoms with Crippen LogP contribution in [-0.2, 0) is 6.42 Å². The smallest absolute Gasteiger partial charge is 0.205 e. The van der Waals surface area contributed by atoms with Crippen LogP contribution in [-0.4, -0.2) is 28.0 Å². The van der Waals surface area contributed by atoms with Gasteiger partial charge in [-0.1, -0.05) is 6.92 Å². The predicted molar refractivity (Wildman–Crippen MR) is 54.1 cm³/mol. The maximum Gasteiger partial charge on any atom is 0.205 e. The van der Waals surface area contributed by atoms with Crippen molar-refractivity contribution < 1.29 is 0 Å². The quantitative estimate of drug-likeness (QED) is 0.757. The summed E-state index contributed by atoms with van der Waals surface area (Å²) >= 11 is 1.47. The van der Waals surface area contributed by atoms with Crippen molar-refractivity contribution in [2.75, 3.05) is 18.0 Å². The van der Waals surface area contributed by atoms with E-state index in [9.17, 15) is 0 Å². The van der Waals surface area contributed by atoms with Crippen LogP contribution in [0.15, 0.2) is 0 Å². The summed E-state index contributed by atoms with van der Waals surface area (Å²) in [5.41, 5.74) is 5.87. The van der Waals surface area contributed by atoms with E-state index in [0.29, 0.717) is 0 Å². The fourth-order valence-corrected chi connectivity index (χ4v) is 2.23. The van der Waals surface area contributed by atoms with E-state index < -0.39 is 0 Å². The van der Waals surface area contributed by atoms with Gasteiger partial charge >= 0.3 is 0 Å². The lowest BCUT2D eigenvalue weighted by Crippen LogP contribution is -2.65. The standard InChI is InChI=1S/C8H14N4S/c1-3-6-10-7(13-11-6)12-4-8(2,9)5-12/h3-5,9H2,1-2H3. The third-order valence-corrected chi connectivity index (χ3v) is 2.96. The molecule has 5 heteroatoms. The van der Waals surface area contributed by atoms with Crippen LogP contribution in [0.5, 0.6) is 0 Å². The van der Waals surface area contributed by atoms with Crippen molar-refractivity contribution in [1.82, 2.24) is 9.36 Å². The molecule has 0 amide bonds. The molecule has 1 aliphatic rings. The fraction of sp³-hybridized carbons (Fsp3) is 0.750. The van der Waals surface area contributed by atoms with Crippen molar-refractivity contribution in [3.05, 3.63) is 5.82 Å². The summed E-state index contributed by atoms with van der Waals surface area (Å²) in [5.74, 6) is 0.936. The first-order valence-electron chi connectivity index (χ1n) is 4.47. The molecular weight excluding hydrogens is 184 g/mol.